The van der Waals surface area contributed by atoms with Crippen LogP contribution in [0.15, 0.2) is 18.2 Å². The minimum absolute atomic E-state index is 0.135. The number of likely N-dealkylation sites (tertiary alicyclic amines) is 1. The van der Waals surface area contributed by atoms with Gasteiger partial charge in [-0.1, -0.05) is 30.9 Å². The van der Waals surface area contributed by atoms with Gasteiger partial charge >= 0.3 is 12.0 Å². The molecule has 1 aliphatic rings. The number of anilines is 1. The van der Waals surface area contributed by atoms with E-state index in [1.807, 2.05) is 6.92 Å². The minimum atomic E-state index is -1.03. The summed E-state index contributed by atoms with van der Waals surface area (Å²) >= 11 is 0. The van der Waals surface area contributed by atoms with E-state index in [-0.39, 0.29) is 11.6 Å². The highest BCUT2D eigenvalue weighted by Crippen LogP contribution is 2.19. The summed E-state index contributed by atoms with van der Waals surface area (Å²) in [5.41, 5.74) is 1.35. The first-order valence-electron chi connectivity index (χ1n) is 7.48. The molecule has 1 aromatic rings. The van der Waals surface area contributed by atoms with Crippen LogP contribution < -0.4 is 5.32 Å². The first kappa shape index (κ1) is 15.4. The Morgan fingerprint density at radius 2 is 1.71 bits per heavy atom. The summed E-state index contributed by atoms with van der Waals surface area (Å²) in [4.78, 5) is 25.4. The molecule has 5 heteroatoms. The van der Waals surface area contributed by atoms with Crippen LogP contribution in [0.3, 0.4) is 0 Å². The zero-order chi connectivity index (χ0) is 15.2. The molecule has 5 nitrogen and oxygen atoms in total. The molecule has 0 saturated carbocycles. The fourth-order valence-corrected chi connectivity index (χ4v) is 2.59. The number of nitrogens with zero attached hydrogens (tertiary/aromatic N) is 1. The molecule has 0 spiro atoms. The van der Waals surface area contributed by atoms with Crippen LogP contribution in [0.25, 0.3) is 0 Å². The SMILES string of the molecule is Cc1ccc(NC(=O)N2CCCCCCC2)c(C(=O)O)c1. The van der Waals surface area contributed by atoms with Gasteiger partial charge in [0.05, 0.1) is 11.3 Å². The van der Waals surface area contributed by atoms with Crippen molar-refractivity contribution < 1.29 is 14.7 Å². The highest BCUT2D eigenvalue weighted by atomic mass is 16.4. The highest BCUT2D eigenvalue weighted by Gasteiger charge is 2.18. The molecule has 2 amide bonds. The number of carbonyl (C=O) groups is 2. The van der Waals surface area contributed by atoms with E-state index in [2.05, 4.69) is 5.32 Å². The van der Waals surface area contributed by atoms with Gasteiger partial charge in [0.15, 0.2) is 0 Å². The molecule has 1 aliphatic heterocycles. The van der Waals surface area contributed by atoms with Crippen molar-refractivity contribution in [3.8, 4) is 0 Å². The van der Waals surface area contributed by atoms with E-state index in [1.165, 1.54) is 6.42 Å². The van der Waals surface area contributed by atoms with Crippen molar-refractivity contribution in [3.63, 3.8) is 0 Å². The van der Waals surface area contributed by atoms with Crippen molar-refractivity contribution in [1.82, 2.24) is 4.90 Å². The van der Waals surface area contributed by atoms with Gasteiger partial charge in [0.2, 0.25) is 0 Å². The number of hydrogen-bond donors (Lipinski definition) is 2. The molecule has 0 atom stereocenters. The van der Waals surface area contributed by atoms with Crippen molar-refractivity contribution in [2.45, 2.75) is 39.0 Å². The molecule has 2 N–H and O–H groups in total. The van der Waals surface area contributed by atoms with Gasteiger partial charge in [-0.3, -0.25) is 0 Å². The number of hydrogen-bond acceptors (Lipinski definition) is 2. The lowest BCUT2D eigenvalue weighted by atomic mass is 10.1. The second-order valence-corrected chi connectivity index (χ2v) is 5.54. The third kappa shape index (κ3) is 4.21. The molecule has 0 aliphatic carbocycles. The number of amides is 2. The zero-order valence-corrected chi connectivity index (χ0v) is 12.4. The molecule has 114 valence electrons. The number of aryl methyl sites for hydroxylation is 1. The molecule has 2 rings (SSSR count). The maximum atomic E-state index is 12.3. The Morgan fingerprint density at radius 3 is 2.33 bits per heavy atom. The molecule has 1 heterocycles. The largest absolute Gasteiger partial charge is 0.478 e. The molecule has 0 bridgehead atoms. The molecular weight excluding hydrogens is 268 g/mol. The number of carboxylic acid groups (broad SMARTS) is 1. The summed E-state index contributed by atoms with van der Waals surface area (Å²) < 4.78 is 0. The van der Waals surface area contributed by atoms with Gasteiger partial charge in [-0.05, 0) is 31.9 Å². The van der Waals surface area contributed by atoms with E-state index >= 15 is 0 Å². The number of aromatic carboxylic acids is 1. The lowest BCUT2D eigenvalue weighted by Crippen LogP contribution is -2.37. The Morgan fingerprint density at radius 1 is 1.10 bits per heavy atom. The van der Waals surface area contributed by atoms with Gasteiger partial charge in [0.25, 0.3) is 0 Å². The van der Waals surface area contributed by atoms with Crippen molar-refractivity contribution in [2.24, 2.45) is 0 Å². The molecule has 1 aromatic carbocycles. The summed E-state index contributed by atoms with van der Waals surface area (Å²) in [6, 6.07) is 4.82. The van der Waals surface area contributed by atoms with Gasteiger partial charge < -0.3 is 15.3 Å². The van der Waals surface area contributed by atoms with Gasteiger partial charge in [0.1, 0.15) is 0 Å². The number of carbonyl (C=O) groups excluding carboxylic acids is 1. The first-order chi connectivity index (χ1) is 10.1. The van der Waals surface area contributed by atoms with E-state index in [1.54, 1.807) is 23.1 Å². The van der Waals surface area contributed by atoms with E-state index in [0.717, 1.165) is 44.3 Å². The minimum Gasteiger partial charge on any atom is -0.478 e. The maximum Gasteiger partial charge on any atom is 0.337 e. The molecular formula is C16H22N2O3. The molecule has 0 unspecified atom stereocenters. The fraction of sp³-hybridized carbons (Fsp3) is 0.500. The number of benzene rings is 1. The van der Waals surface area contributed by atoms with Crippen LogP contribution in [0.1, 0.15) is 48.0 Å². The monoisotopic (exact) mass is 290 g/mol. The van der Waals surface area contributed by atoms with Gasteiger partial charge in [-0.2, -0.15) is 0 Å². The van der Waals surface area contributed by atoms with E-state index in [9.17, 15) is 14.7 Å². The Hall–Kier alpha value is -2.04. The van der Waals surface area contributed by atoms with E-state index in [4.69, 9.17) is 0 Å². The summed E-state index contributed by atoms with van der Waals surface area (Å²) in [7, 11) is 0. The number of rotatable bonds is 2. The van der Waals surface area contributed by atoms with Crippen molar-refractivity contribution in [3.05, 3.63) is 29.3 Å². The van der Waals surface area contributed by atoms with Crippen LogP contribution in [-0.4, -0.2) is 35.1 Å². The second kappa shape index (κ2) is 7.11. The van der Waals surface area contributed by atoms with Crippen LogP contribution in [0, 0.1) is 6.92 Å². The Labute approximate surface area is 125 Å². The lowest BCUT2D eigenvalue weighted by Gasteiger charge is -2.25. The Kier molecular flexibility index (Phi) is 5.20. The van der Waals surface area contributed by atoms with Crippen LogP contribution in [0.4, 0.5) is 10.5 Å². The highest BCUT2D eigenvalue weighted by molar-refractivity contribution is 6.00. The maximum absolute atomic E-state index is 12.3. The quantitative estimate of drug-likeness (QED) is 0.876. The summed E-state index contributed by atoms with van der Waals surface area (Å²) in [6.07, 6.45) is 5.54. The average molecular weight is 290 g/mol. The van der Waals surface area contributed by atoms with E-state index in [0.29, 0.717) is 5.69 Å². The number of urea groups is 1. The summed E-state index contributed by atoms with van der Waals surface area (Å²) in [5, 5.41) is 12.0. The molecule has 0 radical (unpaired) electrons. The van der Waals surface area contributed by atoms with Gasteiger partial charge in [-0.25, -0.2) is 9.59 Å². The smallest absolute Gasteiger partial charge is 0.337 e. The zero-order valence-electron chi connectivity index (χ0n) is 12.4. The third-order valence-electron chi connectivity index (χ3n) is 3.79. The molecule has 1 saturated heterocycles. The number of nitrogens with one attached hydrogen (secondary N) is 1. The van der Waals surface area contributed by atoms with Crippen LogP contribution in [0.2, 0.25) is 0 Å². The second-order valence-electron chi connectivity index (χ2n) is 5.54. The predicted octanol–water partition coefficient (Wildman–Crippen LogP) is 3.49. The van der Waals surface area contributed by atoms with E-state index < -0.39 is 5.97 Å². The average Bonchev–Trinajstić information content (AvgIpc) is 2.40. The van der Waals surface area contributed by atoms with Crippen molar-refractivity contribution >= 4 is 17.7 Å². The van der Waals surface area contributed by atoms with Crippen molar-refractivity contribution in [1.29, 1.82) is 0 Å². The van der Waals surface area contributed by atoms with Gasteiger partial charge in [-0.15, -0.1) is 0 Å². The third-order valence-corrected chi connectivity index (χ3v) is 3.79. The fourth-order valence-electron chi connectivity index (χ4n) is 2.59. The van der Waals surface area contributed by atoms with Crippen LogP contribution >= 0.6 is 0 Å². The predicted molar refractivity (Wildman–Crippen MR) is 81.8 cm³/mol. The van der Waals surface area contributed by atoms with Crippen LogP contribution in [-0.2, 0) is 0 Å². The number of carboxylic acids is 1. The molecule has 1 fully saturated rings. The topological polar surface area (TPSA) is 69.6 Å². The van der Waals surface area contributed by atoms with Gasteiger partial charge in [0, 0.05) is 13.1 Å². The lowest BCUT2D eigenvalue weighted by molar-refractivity contribution is 0.0698. The Balaban J connectivity index is 2.09. The van der Waals surface area contributed by atoms with Crippen LogP contribution in [0.5, 0.6) is 0 Å². The normalized spacial score (nSPS) is 16.0. The summed E-state index contributed by atoms with van der Waals surface area (Å²) in [6.45, 7) is 3.30. The molecule has 21 heavy (non-hydrogen) atoms. The molecule has 0 aromatic heterocycles. The Bertz CT molecular complexity index is 520. The standard InChI is InChI=1S/C16H22N2O3/c1-12-7-8-14(13(11-12)15(19)20)17-16(21)18-9-5-3-2-4-6-10-18/h7-8,11H,2-6,9-10H2,1H3,(H,17,21)(H,19,20). The first-order valence-corrected chi connectivity index (χ1v) is 7.48. The summed E-state index contributed by atoms with van der Waals surface area (Å²) in [5.74, 6) is -1.03. The van der Waals surface area contributed by atoms with Crippen molar-refractivity contribution in [2.75, 3.05) is 18.4 Å².